The molecule has 3 aromatic rings. The lowest BCUT2D eigenvalue weighted by molar-refractivity contribution is 0.0948. The fraction of sp³-hybridized carbons (Fsp3) is 0.318. The number of nitrogens with zero attached hydrogens (tertiary/aromatic N) is 3. The Labute approximate surface area is 181 Å². The molecule has 0 radical (unpaired) electrons. The van der Waals surface area contributed by atoms with E-state index >= 15 is 0 Å². The number of amides is 1. The number of carbonyl (C=O) groups excluding carboxylic acids is 1. The van der Waals surface area contributed by atoms with Gasteiger partial charge in [-0.05, 0) is 49.1 Å². The lowest BCUT2D eigenvalue weighted by Gasteiger charge is -2.10. The van der Waals surface area contributed by atoms with E-state index in [0.717, 1.165) is 22.8 Å². The molecule has 0 unspecified atom stereocenters. The molecule has 152 valence electrons. The number of carbonyl (C=O) groups is 1. The number of hydrogen-bond acceptors (Lipinski definition) is 3. The highest BCUT2D eigenvalue weighted by Crippen LogP contribution is 2.27. The number of halogens is 2. The SMILES string of the molecule is CCc1c(C(=O)NCc2ccccn2)c(CC(C)C)nn1-c1ccc(Cl)c(Cl)c1. The third-order valence-corrected chi connectivity index (χ3v) is 5.26. The number of aromatic nitrogens is 3. The molecule has 0 fully saturated rings. The van der Waals surface area contributed by atoms with Crippen LogP contribution in [0.1, 0.15) is 48.2 Å². The Morgan fingerprint density at radius 1 is 1.17 bits per heavy atom. The smallest absolute Gasteiger partial charge is 0.255 e. The minimum atomic E-state index is -0.144. The van der Waals surface area contributed by atoms with E-state index in [-0.39, 0.29) is 5.91 Å². The van der Waals surface area contributed by atoms with E-state index in [9.17, 15) is 4.79 Å². The van der Waals surface area contributed by atoms with Gasteiger partial charge in [0, 0.05) is 6.20 Å². The highest BCUT2D eigenvalue weighted by molar-refractivity contribution is 6.42. The van der Waals surface area contributed by atoms with Crippen LogP contribution in [0, 0.1) is 5.92 Å². The molecule has 1 amide bonds. The maximum Gasteiger partial charge on any atom is 0.255 e. The van der Waals surface area contributed by atoms with Gasteiger partial charge in [0.25, 0.3) is 5.91 Å². The van der Waals surface area contributed by atoms with Gasteiger partial charge in [0.15, 0.2) is 0 Å². The zero-order chi connectivity index (χ0) is 21.0. The summed E-state index contributed by atoms with van der Waals surface area (Å²) in [5, 5.41) is 8.70. The topological polar surface area (TPSA) is 59.8 Å². The van der Waals surface area contributed by atoms with Crippen LogP contribution in [-0.2, 0) is 19.4 Å². The molecule has 2 heterocycles. The maximum absolute atomic E-state index is 13.1. The first-order valence-corrected chi connectivity index (χ1v) is 10.4. The maximum atomic E-state index is 13.1. The van der Waals surface area contributed by atoms with Crippen molar-refractivity contribution in [3.05, 3.63) is 75.3 Å². The largest absolute Gasteiger partial charge is 0.346 e. The normalized spacial score (nSPS) is 11.1. The summed E-state index contributed by atoms with van der Waals surface area (Å²) in [4.78, 5) is 17.4. The summed E-state index contributed by atoms with van der Waals surface area (Å²) in [5.74, 6) is 0.216. The summed E-state index contributed by atoms with van der Waals surface area (Å²) in [7, 11) is 0. The Hall–Kier alpha value is -2.37. The van der Waals surface area contributed by atoms with Crippen molar-refractivity contribution in [2.24, 2.45) is 5.92 Å². The predicted octanol–water partition coefficient (Wildman–Crippen LogP) is 5.27. The van der Waals surface area contributed by atoms with Crippen molar-refractivity contribution in [1.82, 2.24) is 20.1 Å². The van der Waals surface area contributed by atoms with E-state index in [0.29, 0.717) is 40.9 Å². The van der Waals surface area contributed by atoms with Gasteiger partial charge in [-0.15, -0.1) is 0 Å². The Bertz CT molecular complexity index is 1000. The third-order valence-electron chi connectivity index (χ3n) is 4.52. The minimum Gasteiger partial charge on any atom is -0.346 e. The number of nitrogens with one attached hydrogen (secondary N) is 1. The third kappa shape index (κ3) is 4.98. The molecule has 1 N–H and O–H groups in total. The van der Waals surface area contributed by atoms with E-state index < -0.39 is 0 Å². The first-order chi connectivity index (χ1) is 13.9. The van der Waals surface area contributed by atoms with Gasteiger partial charge in [-0.25, -0.2) is 4.68 Å². The first kappa shape index (κ1) is 21.3. The first-order valence-electron chi connectivity index (χ1n) is 9.65. The van der Waals surface area contributed by atoms with Crippen molar-refractivity contribution in [2.45, 2.75) is 40.2 Å². The fourth-order valence-electron chi connectivity index (χ4n) is 3.21. The molecule has 7 heteroatoms. The van der Waals surface area contributed by atoms with Gasteiger partial charge in [0.1, 0.15) is 0 Å². The molecular formula is C22H24Cl2N4O. The van der Waals surface area contributed by atoms with E-state index in [4.69, 9.17) is 28.3 Å². The molecule has 3 rings (SSSR count). The standard InChI is InChI=1S/C22H24Cl2N4O/c1-4-20-21(22(29)26-13-15-7-5-6-10-25-15)19(11-14(2)3)27-28(20)16-8-9-17(23)18(24)12-16/h5-10,12,14H,4,11,13H2,1-3H3,(H,26,29). The van der Waals surface area contributed by atoms with E-state index in [1.807, 2.05) is 31.2 Å². The molecule has 0 saturated carbocycles. The summed E-state index contributed by atoms with van der Waals surface area (Å²) in [6.07, 6.45) is 3.07. The van der Waals surface area contributed by atoms with Crippen molar-refractivity contribution < 1.29 is 4.79 Å². The second-order valence-corrected chi connectivity index (χ2v) is 8.05. The van der Waals surface area contributed by atoms with Crippen LogP contribution in [0.2, 0.25) is 10.0 Å². The number of rotatable bonds is 7. The molecule has 29 heavy (non-hydrogen) atoms. The van der Waals surface area contributed by atoms with Crippen LogP contribution >= 0.6 is 23.2 Å². The highest BCUT2D eigenvalue weighted by atomic mass is 35.5. The molecule has 5 nitrogen and oxygen atoms in total. The minimum absolute atomic E-state index is 0.144. The molecule has 0 aliphatic rings. The average Bonchev–Trinajstić information content (AvgIpc) is 3.06. The van der Waals surface area contributed by atoms with Crippen molar-refractivity contribution in [3.63, 3.8) is 0 Å². The summed E-state index contributed by atoms with van der Waals surface area (Å²) in [6.45, 7) is 6.60. The van der Waals surface area contributed by atoms with Crippen LogP contribution in [0.3, 0.4) is 0 Å². The van der Waals surface area contributed by atoms with Gasteiger partial charge in [-0.2, -0.15) is 5.10 Å². The van der Waals surface area contributed by atoms with Gasteiger partial charge < -0.3 is 5.32 Å². The van der Waals surface area contributed by atoms with Crippen molar-refractivity contribution in [3.8, 4) is 5.69 Å². The summed E-state index contributed by atoms with van der Waals surface area (Å²) in [5.41, 5.74) is 3.84. The molecule has 0 aliphatic heterocycles. The Balaban J connectivity index is 2.00. The van der Waals surface area contributed by atoms with Gasteiger partial charge in [-0.3, -0.25) is 9.78 Å². The van der Waals surface area contributed by atoms with Gasteiger partial charge in [-0.1, -0.05) is 50.0 Å². The second-order valence-electron chi connectivity index (χ2n) is 7.23. The molecule has 1 aromatic carbocycles. The quantitative estimate of drug-likeness (QED) is 0.555. The van der Waals surface area contributed by atoms with Gasteiger partial charge >= 0.3 is 0 Å². The molecule has 0 atom stereocenters. The van der Waals surface area contributed by atoms with E-state index in [1.54, 1.807) is 23.0 Å². The second kappa shape index (κ2) is 9.42. The fourth-order valence-corrected chi connectivity index (χ4v) is 3.51. The van der Waals surface area contributed by atoms with Crippen molar-refractivity contribution in [1.29, 1.82) is 0 Å². The van der Waals surface area contributed by atoms with Crippen LogP contribution in [0.5, 0.6) is 0 Å². The van der Waals surface area contributed by atoms with Crippen LogP contribution in [-0.4, -0.2) is 20.7 Å². The van der Waals surface area contributed by atoms with Crippen LogP contribution in [0.25, 0.3) is 5.69 Å². The molecular weight excluding hydrogens is 407 g/mol. The molecule has 0 spiro atoms. The molecule has 2 aromatic heterocycles. The van der Waals surface area contributed by atoms with Crippen LogP contribution < -0.4 is 5.32 Å². The van der Waals surface area contributed by atoms with E-state index in [1.165, 1.54) is 0 Å². The summed E-state index contributed by atoms with van der Waals surface area (Å²) in [6, 6.07) is 11.0. The lowest BCUT2D eigenvalue weighted by atomic mass is 10.0. The Kier molecular flexibility index (Phi) is 6.93. The summed E-state index contributed by atoms with van der Waals surface area (Å²) >= 11 is 12.3. The van der Waals surface area contributed by atoms with Gasteiger partial charge in [0.05, 0.1) is 44.9 Å². The average molecular weight is 431 g/mol. The Morgan fingerprint density at radius 3 is 2.59 bits per heavy atom. The number of hydrogen-bond donors (Lipinski definition) is 1. The summed E-state index contributed by atoms with van der Waals surface area (Å²) < 4.78 is 1.80. The zero-order valence-corrected chi connectivity index (χ0v) is 18.3. The zero-order valence-electron chi connectivity index (χ0n) is 16.7. The number of benzene rings is 1. The number of pyridine rings is 1. The Morgan fingerprint density at radius 2 is 1.97 bits per heavy atom. The van der Waals surface area contributed by atoms with Crippen LogP contribution in [0.15, 0.2) is 42.6 Å². The molecule has 0 aliphatic carbocycles. The highest BCUT2D eigenvalue weighted by Gasteiger charge is 2.24. The molecule has 0 saturated heterocycles. The monoisotopic (exact) mass is 430 g/mol. The lowest BCUT2D eigenvalue weighted by Crippen LogP contribution is -2.25. The van der Waals surface area contributed by atoms with Crippen molar-refractivity contribution in [2.75, 3.05) is 0 Å². The van der Waals surface area contributed by atoms with Gasteiger partial charge in [0.2, 0.25) is 0 Å². The van der Waals surface area contributed by atoms with Crippen molar-refractivity contribution >= 4 is 29.1 Å². The molecule has 0 bridgehead atoms. The van der Waals surface area contributed by atoms with Crippen LogP contribution in [0.4, 0.5) is 0 Å². The predicted molar refractivity (Wildman–Crippen MR) is 117 cm³/mol. The van der Waals surface area contributed by atoms with E-state index in [2.05, 4.69) is 24.1 Å².